The van der Waals surface area contributed by atoms with Gasteiger partial charge in [-0.15, -0.1) is 46.4 Å². The third-order valence-electron chi connectivity index (χ3n) is 2.07. The van der Waals surface area contributed by atoms with Crippen molar-refractivity contribution >= 4 is 46.4 Å². The summed E-state index contributed by atoms with van der Waals surface area (Å²) in [6.07, 6.45) is 5.96. The lowest BCUT2D eigenvalue weighted by Gasteiger charge is -2.28. The summed E-state index contributed by atoms with van der Waals surface area (Å²) in [6.45, 7) is 0. The minimum atomic E-state index is -0.314. The van der Waals surface area contributed by atoms with Crippen LogP contribution in [-0.2, 0) is 0 Å². The van der Waals surface area contributed by atoms with Crippen LogP contribution in [0.3, 0.4) is 0 Å². The zero-order chi connectivity index (χ0) is 9.14. The van der Waals surface area contributed by atoms with Crippen molar-refractivity contribution in [3.05, 3.63) is 12.8 Å². The zero-order valence-corrected chi connectivity index (χ0v) is 9.41. The van der Waals surface area contributed by atoms with Crippen molar-refractivity contribution in [3.63, 3.8) is 0 Å². The highest BCUT2D eigenvalue weighted by Crippen LogP contribution is 2.36. The quantitative estimate of drug-likeness (QED) is 0.647. The van der Waals surface area contributed by atoms with E-state index >= 15 is 0 Å². The van der Waals surface area contributed by atoms with E-state index in [-0.39, 0.29) is 21.5 Å². The molecule has 12 heavy (non-hydrogen) atoms. The summed E-state index contributed by atoms with van der Waals surface area (Å²) in [4.78, 5) is -0.627. The van der Waals surface area contributed by atoms with Crippen molar-refractivity contribution in [3.8, 4) is 0 Å². The Balaban J connectivity index is 2.30. The highest BCUT2D eigenvalue weighted by molar-refractivity contribution is 6.45. The molecule has 1 fully saturated rings. The maximum Gasteiger partial charge on any atom is 0.110 e. The van der Waals surface area contributed by atoms with Crippen molar-refractivity contribution in [2.75, 3.05) is 0 Å². The highest BCUT2D eigenvalue weighted by atomic mass is 35.5. The Morgan fingerprint density at radius 3 is 1.33 bits per heavy atom. The van der Waals surface area contributed by atoms with Gasteiger partial charge in [-0.1, -0.05) is 0 Å². The molecule has 0 bridgehead atoms. The molecule has 1 saturated carbocycles. The Morgan fingerprint density at radius 2 is 1.17 bits per heavy atom. The molecular formula is C8H10Cl4. The van der Waals surface area contributed by atoms with Gasteiger partial charge in [0, 0.05) is 0 Å². The topological polar surface area (TPSA) is 0 Å². The van der Waals surface area contributed by atoms with E-state index in [0.717, 1.165) is 12.8 Å². The predicted molar refractivity (Wildman–Crippen MR) is 55.8 cm³/mol. The van der Waals surface area contributed by atoms with Crippen LogP contribution in [0.15, 0.2) is 0 Å². The van der Waals surface area contributed by atoms with Gasteiger partial charge in [0.25, 0.3) is 0 Å². The van der Waals surface area contributed by atoms with E-state index in [1.54, 1.807) is 0 Å². The van der Waals surface area contributed by atoms with Crippen LogP contribution in [0.2, 0.25) is 0 Å². The van der Waals surface area contributed by atoms with Crippen LogP contribution in [-0.4, -0.2) is 9.67 Å². The van der Waals surface area contributed by atoms with Crippen molar-refractivity contribution in [2.24, 2.45) is 11.8 Å². The van der Waals surface area contributed by atoms with Crippen LogP contribution in [0.25, 0.3) is 0 Å². The average molecular weight is 248 g/mol. The summed E-state index contributed by atoms with van der Waals surface area (Å²) < 4.78 is 0. The third-order valence-corrected chi connectivity index (χ3v) is 3.36. The van der Waals surface area contributed by atoms with Gasteiger partial charge in [-0.2, -0.15) is 0 Å². The maximum atomic E-state index is 5.73. The summed E-state index contributed by atoms with van der Waals surface area (Å²) in [6, 6.07) is 0. The van der Waals surface area contributed by atoms with Crippen LogP contribution < -0.4 is 0 Å². The zero-order valence-electron chi connectivity index (χ0n) is 6.39. The standard InChI is InChI=1S/C8H10Cl4/c9-7(10)5-1-2-6(4-3-5)8(11)12/h1,4-8H,2-3H2. The second kappa shape index (κ2) is 5.14. The summed E-state index contributed by atoms with van der Waals surface area (Å²) in [7, 11) is 0. The molecule has 1 rings (SSSR count). The average Bonchev–Trinajstić information content (AvgIpc) is 2.04. The lowest BCUT2D eigenvalue weighted by atomic mass is 9.84. The molecule has 0 heterocycles. The van der Waals surface area contributed by atoms with Crippen molar-refractivity contribution in [1.82, 2.24) is 0 Å². The third kappa shape index (κ3) is 3.14. The predicted octanol–water partition coefficient (Wildman–Crippen LogP) is 4.03. The first-order chi connectivity index (χ1) is 5.61. The lowest BCUT2D eigenvalue weighted by Crippen LogP contribution is -2.23. The van der Waals surface area contributed by atoms with Gasteiger partial charge in [-0.3, -0.25) is 0 Å². The number of hydrogen-bond donors (Lipinski definition) is 0. The first kappa shape index (κ1) is 11.2. The van der Waals surface area contributed by atoms with Crippen LogP contribution in [0.1, 0.15) is 12.8 Å². The first-order valence-electron chi connectivity index (χ1n) is 3.84. The second-order valence-electron chi connectivity index (χ2n) is 2.94. The first-order valence-corrected chi connectivity index (χ1v) is 5.58. The number of halogens is 4. The summed E-state index contributed by atoms with van der Waals surface area (Å²) in [5, 5.41) is 0. The van der Waals surface area contributed by atoms with Gasteiger partial charge in [0.2, 0.25) is 0 Å². The molecule has 0 aliphatic heterocycles. The molecule has 2 atom stereocenters. The minimum Gasteiger partial charge on any atom is -0.105 e. The van der Waals surface area contributed by atoms with Crippen LogP contribution in [0, 0.1) is 24.7 Å². The van der Waals surface area contributed by atoms with Gasteiger partial charge in [0.1, 0.15) is 9.67 Å². The molecule has 0 N–H and O–H groups in total. The van der Waals surface area contributed by atoms with Crippen LogP contribution in [0.5, 0.6) is 0 Å². The Morgan fingerprint density at radius 1 is 0.833 bits per heavy atom. The van der Waals surface area contributed by atoms with Gasteiger partial charge in [0.05, 0.1) is 0 Å². The summed E-state index contributed by atoms with van der Waals surface area (Å²) in [5.74, 6) is 0.522. The van der Waals surface area contributed by atoms with E-state index in [0.29, 0.717) is 0 Å². The molecule has 0 aromatic rings. The van der Waals surface area contributed by atoms with E-state index in [9.17, 15) is 0 Å². The normalized spacial score (nSPS) is 31.5. The van der Waals surface area contributed by atoms with Gasteiger partial charge in [-0.25, -0.2) is 0 Å². The Labute approximate surface area is 93.5 Å². The lowest BCUT2D eigenvalue weighted by molar-refractivity contribution is 0.457. The van der Waals surface area contributed by atoms with Gasteiger partial charge < -0.3 is 0 Å². The number of rotatable bonds is 2. The fourth-order valence-electron chi connectivity index (χ4n) is 1.27. The van der Waals surface area contributed by atoms with E-state index in [1.807, 2.05) is 0 Å². The maximum absolute atomic E-state index is 5.73. The molecule has 0 amide bonds. The smallest absolute Gasteiger partial charge is 0.105 e. The largest absolute Gasteiger partial charge is 0.110 e. The molecule has 0 aromatic heterocycles. The fraction of sp³-hybridized carbons (Fsp3) is 0.750. The van der Waals surface area contributed by atoms with E-state index in [2.05, 4.69) is 12.8 Å². The molecule has 70 valence electrons. The summed E-state index contributed by atoms with van der Waals surface area (Å²) in [5.41, 5.74) is 0. The minimum absolute atomic E-state index is 0.261. The molecule has 0 saturated heterocycles. The number of alkyl halides is 4. The SMILES string of the molecule is ClC(Cl)C1[CH]CC(C(Cl)Cl)[CH]C1. The molecule has 2 unspecified atom stereocenters. The van der Waals surface area contributed by atoms with Crippen molar-refractivity contribution in [2.45, 2.75) is 22.5 Å². The monoisotopic (exact) mass is 246 g/mol. The molecule has 0 aromatic carbocycles. The molecule has 2 radical (unpaired) electrons. The van der Waals surface area contributed by atoms with Crippen molar-refractivity contribution in [1.29, 1.82) is 0 Å². The Hall–Kier alpha value is 1.16. The Bertz CT molecular complexity index is 111. The molecular weight excluding hydrogens is 238 g/mol. The van der Waals surface area contributed by atoms with E-state index < -0.39 is 0 Å². The molecule has 1 aliphatic rings. The van der Waals surface area contributed by atoms with Gasteiger partial charge in [0.15, 0.2) is 0 Å². The number of hydrogen-bond acceptors (Lipinski definition) is 0. The highest BCUT2D eigenvalue weighted by Gasteiger charge is 2.28. The fourth-order valence-corrected chi connectivity index (χ4v) is 2.09. The van der Waals surface area contributed by atoms with Crippen molar-refractivity contribution < 1.29 is 0 Å². The molecule has 0 spiro atoms. The van der Waals surface area contributed by atoms with E-state index in [1.165, 1.54) is 0 Å². The Kier molecular flexibility index (Phi) is 4.82. The van der Waals surface area contributed by atoms with Crippen LogP contribution >= 0.6 is 46.4 Å². The van der Waals surface area contributed by atoms with Crippen LogP contribution in [0.4, 0.5) is 0 Å². The van der Waals surface area contributed by atoms with Gasteiger partial charge >= 0.3 is 0 Å². The molecule has 1 aliphatic carbocycles. The molecule has 0 nitrogen and oxygen atoms in total. The van der Waals surface area contributed by atoms with Gasteiger partial charge in [-0.05, 0) is 37.5 Å². The molecule has 4 heteroatoms. The van der Waals surface area contributed by atoms with E-state index in [4.69, 9.17) is 46.4 Å². The second-order valence-corrected chi connectivity index (χ2v) is 5.27. The summed E-state index contributed by atoms with van der Waals surface area (Å²) >= 11 is 22.9.